The average molecular weight is 299 g/mol. The number of nitrogens with two attached hydrogens (primary N) is 1. The summed E-state index contributed by atoms with van der Waals surface area (Å²) in [5.41, 5.74) is 7.69. The molecule has 2 N–H and O–H groups in total. The molecule has 0 aliphatic heterocycles. The van der Waals surface area contributed by atoms with Gasteiger partial charge in [0.1, 0.15) is 5.82 Å². The largest absolute Gasteiger partial charge is 0.329 e. The standard InChI is InChI=1S/C15H17N5S/c1-11-18-19-15(20(11)9-8-16)21-10-13-7-6-12-4-2-3-5-14(12)17-13/h2-7H,8-10,16H2,1H3. The maximum Gasteiger partial charge on any atom is 0.191 e. The van der Waals surface area contributed by atoms with Crippen LogP contribution in [0.25, 0.3) is 10.9 Å². The third-order valence-electron chi connectivity index (χ3n) is 3.26. The van der Waals surface area contributed by atoms with Crippen LogP contribution in [0, 0.1) is 6.92 Å². The molecule has 0 aliphatic carbocycles. The van der Waals surface area contributed by atoms with E-state index >= 15 is 0 Å². The number of aryl methyl sites for hydroxylation is 1. The topological polar surface area (TPSA) is 69.6 Å². The number of para-hydroxylation sites is 1. The number of pyridine rings is 1. The minimum Gasteiger partial charge on any atom is -0.329 e. The van der Waals surface area contributed by atoms with Crippen LogP contribution in [-0.4, -0.2) is 26.3 Å². The third-order valence-corrected chi connectivity index (χ3v) is 4.26. The SMILES string of the molecule is Cc1nnc(SCc2ccc3ccccc3n2)n1CCN. The van der Waals surface area contributed by atoms with E-state index in [0.717, 1.165) is 39.9 Å². The van der Waals surface area contributed by atoms with Gasteiger partial charge in [0.2, 0.25) is 0 Å². The highest BCUT2D eigenvalue weighted by Gasteiger charge is 2.09. The van der Waals surface area contributed by atoms with Crippen LogP contribution in [0.1, 0.15) is 11.5 Å². The number of aromatic nitrogens is 4. The van der Waals surface area contributed by atoms with E-state index in [4.69, 9.17) is 5.73 Å². The summed E-state index contributed by atoms with van der Waals surface area (Å²) in [5, 5.41) is 10.4. The maximum absolute atomic E-state index is 5.63. The predicted octanol–water partition coefficient (Wildman–Crippen LogP) is 2.39. The Balaban J connectivity index is 1.77. The fraction of sp³-hybridized carbons (Fsp3) is 0.267. The molecule has 2 aromatic heterocycles. The van der Waals surface area contributed by atoms with Gasteiger partial charge in [-0.3, -0.25) is 4.98 Å². The number of nitrogens with zero attached hydrogens (tertiary/aromatic N) is 4. The van der Waals surface area contributed by atoms with E-state index in [0.29, 0.717) is 6.54 Å². The molecule has 3 rings (SSSR count). The van der Waals surface area contributed by atoms with Crippen molar-refractivity contribution in [1.82, 2.24) is 19.7 Å². The van der Waals surface area contributed by atoms with Crippen molar-refractivity contribution in [3.63, 3.8) is 0 Å². The summed E-state index contributed by atoms with van der Waals surface area (Å²) < 4.78 is 2.05. The second-order valence-corrected chi connectivity index (χ2v) is 5.70. The van der Waals surface area contributed by atoms with Crippen molar-refractivity contribution in [3.8, 4) is 0 Å². The van der Waals surface area contributed by atoms with Gasteiger partial charge in [0.15, 0.2) is 5.16 Å². The van der Waals surface area contributed by atoms with Crippen LogP contribution >= 0.6 is 11.8 Å². The second kappa shape index (κ2) is 6.24. The quantitative estimate of drug-likeness (QED) is 0.733. The Morgan fingerprint density at radius 2 is 2.00 bits per heavy atom. The van der Waals surface area contributed by atoms with E-state index in [1.807, 2.05) is 29.7 Å². The molecule has 0 unspecified atom stereocenters. The molecule has 0 saturated heterocycles. The summed E-state index contributed by atoms with van der Waals surface area (Å²) in [6.07, 6.45) is 0. The third kappa shape index (κ3) is 3.06. The molecular weight excluding hydrogens is 282 g/mol. The molecule has 6 heteroatoms. The van der Waals surface area contributed by atoms with Crippen molar-refractivity contribution in [1.29, 1.82) is 0 Å². The monoisotopic (exact) mass is 299 g/mol. The molecule has 5 nitrogen and oxygen atoms in total. The normalized spacial score (nSPS) is 11.1. The lowest BCUT2D eigenvalue weighted by molar-refractivity contribution is 0.627. The first-order chi connectivity index (χ1) is 10.3. The molecule has 0 aliphatic rings. The van der Waals surface area contributed by atoms with E-state index in [2.05, 4.69) is 33.4 Å². The zero-order valence-electron chi connectivity index (χ0n) is 11.9. The Bertz CT molecular complexity index is 753. The number of rotatable bonds is 5. The number of benzene rings is 1. The highest BCUT2D eigenvalue weighted by atomic mass is 32.2. The van der Waals surface area contributed by atoms with Crippen molar-refractivity contribution < 1.29 is 0 Å². The van der Waals surface area contributed by atoms with Crippen molar-refractivity contribution in [2.24, 2.45) is 5.73 Å². The molecular formula is C15H17N5S. The molecule has 0 saturated carbocycles. The molecule has 108 valence electrons. The molecule has 1 aromatic carbocycles. The Morgan fingerprint density at radius 3 is 2.86 bits per heavy atom. The van der Waals surface area contributed by atoms with E-state index in [1.165, 1.54) is 0 Å². The van der Waals surface area contributed by atoms with E-state index in [-0.39, 0.29) is 0 Å². The second-order valence-electron chi connectivity index (χ2n) is 4.75. The minimum atomic E-state index is 0.584. The van der Waals surface area contributed by atoms with Gasteiger partial charge < -0.3 is 10.3 Å². The first-order valence-corrected chi connectivity index (χ1v) is 7.84. The Morgan fingerprint density at radius 1 is 1.14 bits per heavy atom. The molecule has 2 heterocycles. The molecule has 3 aromatic rings. The van der Waals surface area contributed by atoms with E-state index < -0.39 is 0 Å². The maximum atomic E-state index is 5.63. The van der Waals surface area contributed by atoms with Gasteiger partial charge in [0.25, 0.3) is 0 Å². The van der Waals surface area contributed by atoms with Gasteiger partial charge >= 0.3 is 0 Å². The van der Waals surface area contributed by atoms with Gasteiger partial charge in [0, 0.05) is 24.2 Å². The summed E-state index contributed by atoms with van der Waals surface area (Å²) >= 11 is 1.64. The van der Waals surface area contributed by atoms with Gasteiger partial charge in [0.05, 0.1) is 11.2 Å². The van der Waals surface area contributed by atoms with Crippen molar-refractivity contribution in [2.75, 3.05) is 6.54 Å². The van der Waals surface area contributed by atoms with Gasteiger partial charge in [-0.05, 0) is 19.1 Å². The van der Waals surface area contributed by atoms with Crippen LogP contribution in [0.2, 0.25) is 0 Å². The fourth-order valence-electron chi connectivity index (χ4n) is 2.18. The highest BCUT2D eigenvalue weighted by Crippen LogP contribution is 2.22. The van der Waals surface area contributed by atoms with E-state index in [1.54, 1.807) is 11.8 Å². The smallest absolute Gasteiger partial charge is 0.191 e. The molecule has 0 radical (unpaired) electrons. The van der Waals surface area contributed by atoms with Gasteiger partial charge in [-0.1, -0.05) is 36.0 Å². The van der Waals surface area contributed by atoms with Crippen molar-refractivity contribution >= 4 is 22.7 Å². The van der Waals surface area contributed by atoms with Crippen LogP contribution in [0.3, 0.4) is 0 Å². The van der Waals surface area contributed by atoms with Crippen molar-refractivity contribution in [3.05, 3.63) is 47.9 Å². The lowest BCUT2D eigenvalue weighted by atomic mass is 10.2. The Hall–Kier alpha value is -1.92. The van der Waals surface area contributed by atoms with Crippen molar-refractivity contribution in [2.45, 2.75) is 24.4 Å². The molecule has 0 amide bonds. The summed E-state index contributed by atoms with van der Waals surface area (Å²) in [6, 6.07) is 12.3. The number of hydrogen-bond acceptors (Lipinski definition) is 5. The number of fused-ring (bicyclic) bond motifs is 1. The van der Waals surface area contributed by atoms with Gasteiger partial charge in [-0.2, -0.15) is 0 Å². The summed E-state index contributed by atoms with van der Waals surface area (Å²) in [7, 11) is 0. The number of hydrogen-bond donors (Lipinski definition) is 1. The lowest BCUT2D eigenvalue weighted by Crippen LogP contribution is -2.12. The lowest BCUT2D eigenvalue weighted by Gasteiger charge is -2.06. The Kier molecular flexibility index (Phi) is 4.17. The summed E-state index contributed by atoms with van der Waals surface area (Å²) in [6.45, 7) is 3.27. The van der Waals surface area contributed by atoms with Crippen LogP contribution in [0.15, 0.2) is 41.6 Å². The van der Waals surface area contributed by atoms with Gasteiger partial charge in [-0.25, -0.2) is 0 Å². The minimum absolute atomic E-state index is 0.584. The summed E-state index contributed by atoms with van der Waals surface area (Å²) in [5.74, 6) is 1.67. The number of thioether (sulfide) groups is 1. The average Bonchev–Trinajstić information content (AvgIpc) is 2.86. The fourth-order valence-corrected chi connectivity index (χ4v) is 3.10. The van der Waals surface area contributed by atoms with Crippen LogP contribution in [0.4, 0.5) is 0 Å². The molecule has 21 heavy (non-hydrogen) atoms. The molecule has 0 bridgehead atoms. The Labute approximate surface area is 127 Å². The van der Waals surface area contributed by atoms with Gasteiger partial charge in [-0.15, -0.1) is 10.2 Å². The van der Waals surface area contributed by atoms with Crippen LogP contribution in [0.5, 0.6) is 0 Å². The zero-order valence-corrected chi connectivity index (χ0v) is 12.7. The zero-order chi connectivity index (χ0) is 14.7. The predicted molar refractivity (Wildman–Crippen MR) is 85.1 cm³/mol. The molecule has 0 atom stereocenters. The molecule has 0 fully saturated rings. The molecule has 0 spiro atoms. The van der Waals surface area contributed by atoms with Crippen LogP contribution in [-0.2, 0) is 12.3 Å². The van der Waals surface area contributed by atoms with E-state index in [9.17, 15) is 0 Å². The first kappa shape index (κ1) is 14.0. The highest BCUT2D eigenvalue weighted by molar-refractivity contribution is 7.98. The summed E-state index contributed by atoms with van der Waals surface area (Å²) in [4.78, 5) is 4.67. The van der Waals surface area contributed by atoms with Crippen LogP contribution < -0.4 is 5.73 Å². The first-order valence-electron chi connectivity index (χ1n) is 6.85.